The second-order valence-corrected chi connectivity index (χ2v) is 6.88. The van der Waals surface area contributed by atoms with Gasteiger partial charge in [0.05, 0.1) is 23.0 Å². The fourth-order valence-electron chi connectivity index (χ4n) is 2.29. The quantitative estimate of drug-likeness (QED) is 0.654. The Kier molecular flexibility index (Phi) is 4.82. The van der Waals surface area contributed by atoms with E-state index in [1.807, 2.05) is 0 Å². The summed E-state index contributed by atoms with van der Waals surface area (Å²) in [5, 5.41) is 2.45. The number of carbonyl (C=O) groups is 3. The third kappa shape index (κ3) is 3.58. The predicted octanol–water partition coefficient (Wildman–Crippen LogP) is 2.81. The van der Waals surface area contributed by atoms with Crippen molar-refractivity contribution in [2.45, 2.75) is 13.2 Å². The summed E-state index contributed by atoms with van der Waals surface area (Å²) < 4.78 is 5.92. The van der Waals surface area contributed by atoms with Crippen LogP contribution < -0.4 is 5.32 Å². The molecule has 1 N–H and O–H groups in total. The van der Waals surface area contributed by atoms with E-state index in [0.717, 1.165) is 9.78 Å². The van der Waals surface area contributed by atoms with Gasteiger partial charge in [0.1, 0.15) is 6.61 Å². The van der Waals surface area contributed by atoms with E-state index in [1.54, 1.807) is 36.4 Å². The molecule has 1 aliphatic rings. The lowest BCUT2D eigenvalue weighted by molar-refractivity contribution is -0.125. The maximum Gasteiger partial charge on any atom is 0.338 e. The molecule has 0 aliphatic carbocycles. The normalized spacial score (nSPS) is 14.0. The minimum absolute atomic E-state index is 0.0232. The van der Waals surface area contributed by atoms with Crippen molar-refractivity contribution in [3.05, 3.63) is 56.7 Å². The van der Waals surface area contributed by atoms with Crippen LogP contribution in [0.1, 0.15) is 20.8 Å². The van der Waals surface area contributed by atoms with Crippen molar-refractivity contribution in [2.75, 3.05) is 6.54 Å². The Morgan fingerprint density at radius 3 is 2.71 bits per heavy atom. The zero-order valence-electron chi connectivity index (χ0n) is 12.5. The molecule has 6 nitrogen and oxygen atoms in total. The van der Waals surface area contributed by atoms with Gasteiger partial charge in [-0.1, -0.05) is 29.8 Å². The monoisotopic (exact) mass is 364 g/mol. The fourth-order valence-corrected chi connectivity index (χ4v) is 3.29. The standard InChI is InChI=1S/C16H13ClN2O4S/c17-13-6-5-11(24-13)9-23-15(21)12-4-2-1-3-10(12)8-19-14(20)7-18-16(19)22/h1-6H,7-9H2,(H,18,22). The van der Waals surface area contributed by atoms with Crippen LogP contribution in [0.4, 0.5) is 4.79 Å². The highest BCUT2D eigenvalue weighted by atomic mass is 35.5. The zero-order valence-corrected chi connectivity index (χ0v) is 14.0. The van der Waals surface area contributed by atoms with Crippen molar-refractivity contribution in [2.24, 2.45) is 0 Å². The molecule has 0 atom stereocenters. The Morgan fingerprint density at radius 1 is 1.25 bits per heavy atom. The van der Waals surface area contributed by atoms with Crippen molar-refractivity contribution >= 4 is 40.8 Å². The number of esters is 1. The van der Waals surface area contributed by atoms with E-state index in [1.165, 1.54) is 11.3 Å². The lowest BCUT2D eigenvalue weighted by Gasteiger charge is -2.15. The van der Waals surface area contributed by atoms with Crippen LogP contribution in [0.25, 0.3) is 0 Å². The van der Waals surface area contributed by atoms with Gasteiger partial charge in [-0.05, 0) is 23.8 Å². The summed E-state index contributed by atoms with van der Waals surface area (Å²) in [5.74, 6) is -0.835. The number of halogens is 1. The van der Waals surface area contributed by atoms with E-state index >= 15 is 0 Å². The average Bonchev–Trinajstić information content (AvgIpc) is 3.13. The number of imide groups is 1. The number of amides is 3. The van der Waals surface area contributed by atoms with Gasteiger partial charge in [0.2, 0.25) is 5.91 Å². The summed E-state index contributed by atoms with van der Waals surface area (Å²) in [5.41, 5.74) is 0.879. The van der Waals surface area contributed by atoms with E-state index in [9.17, 15) is 14.4 Å². The van der Waals surface area contributed by atoms with Gasteiger partial charge in [0, 0.05) is 4.88 Å². The Hall–Kier alpha value is -2.38. The van der Waals surface area contributed by atoms with Crippen LogP contribution in [-0.4, -0.2) is 29.4 Å². The maximum absolute atomic E-state index is 12.3. The van der Waals surface area contributed by atoms with Crippen LogP contribution >= 0.6 is 22.9 Å². The molecule has 1 fully saturated rings. The molecule has 1 aliphatic heterocycles. The summed E-state index contributed by atoms with van der Waals surface area (Å²) in [4.78, 5) is 37.6. The fraction of sp³-hybridized carbons (Fsp3) is 0.188. The topological polar surface area (TPSA) is 75.7 Å². The predicted molar refractivity (Wildman–Crippen MR) is 88.8 cm³/mol. The molecule has 2 heterocycles. The number of thiophene rings is 1. The smallest absolute Gasteiger partial charge is 0.338 e. The molecule has 3 amide bonds. The van der Waals surface area contributed by atoms with Gasteiger partial charge in [-0.25, -0.2) is 9.59 Å². The first kappa shape index (κ1) is 16.5. The minimum atomic E-state index is -0.512. The van der Waals surface area contributed by atoms with Crippen molar-refractivity contribution in [3.63, 3.8) is 0 Å². The second-order valence-electron chi connectivity index (χ2n) is 5.08. The Balaban J connectivity index is 1.72. The number of nitrogens with zero attached hydrogens (tertiary/aromatic N) is 1. The van der Waals surface area contributed by atoms with Crippen LogP contribution in [-0.2, 0) is 22.7 Å². The van der Waals surface area contributed by atoms with Gasteiger partial charge in [0.25, 0.3) is 0 Å². The first-order valence-electron chi connectivity index (χ1n) is 7.12. The van der Waals surface area contributed by atoms with Crippen molar-refractivity contribution in [1.29, 1.82) is 0 Å². The van der Waals surface area contributed by atoms with E-state index < -0.39 is 12.0 Å². The summed E-state index contributed by atoms with van der Waals surface area (Å²) >= 11 is 7.18. The first-order chi connectivity index (χ1) is 11.5. The van der Waals surface area contributed by atoms with Crippen LogP contribution in [0.15, 0.2) is 36.4 Å². The molecule has 2 aromatic rings. The molecule has 0 radical (unpaired) electrons. The lowest BCUT2D eigenvalue weighted by Crippen LogP contribution is -2.31. The van der Waals surface area contributed by atoms with Gasteiger partial charge in [-0.15, -0.1) is 11.3 Å². The number of ether oxygens (including phenoxy) is 1. The summed E-state index contributed by atoms with van der Waals surface area (Å²) in [6.07, 6.45) is 0. The van der Waals surface area contributed by atoms with Crippen molar-refractivity contribution in [3.8, 4) is 0 Å². The second kappa shape index (κ2) is 7.02. The van der Waals surface area contributed by atoms with Crippen molar-refractivity contribution in [1.82, 2.24) is 10.2 Å². The molecule has 0 saturated carbocycles. The highest BCUT2D eigenvalue weighted by Crippen LogP contribution is 2.23. The summed E-state index contributed by atoms with van der Waals surface area (Å²) in [7, 11) is 0. The highest BCUT2D eigenvalue weighted by molar-refractivity contribution is 7.16. The molecule has 0 unspecified atom stereocenters. The molecule has 124 valence electrons. The number of nitrogens with one attached hydrogen (secondary N) is 1. The number of carbonyl (C=O) groups excluding carboxylic acids is 3. The Bertz CT molecular complexity index is 789. The van der Waals surface area contributed by atoms with E-state index in [0.29, 0.717) is 15.5 Å². The van der Waals surface area contributed by atoms with Crippen molar-refractivity contribution < 1.29 is 19.1 Å². The van der Waals surface area contributed by atoms with E-state index in [2.05, 4.69) is 5.32 Å². The number of benzene rings is 1. The molecule has 0 bridgehead atoms. The summed E-state index contributed by atoms with van der Waals surface area (Å²) in [6, 6.07) is 9.81. The van der Waals surface area contributed by atoms with Gasteiger partial charge in [0.15, 0.2) is 0 Å². The highest BCUT2D eigenvalue weighted by Gasteiger charge is 2.29. The molecule has 3 rings (SSSR count). The number of hydrogen-bond donors (Lipinski definition) is 1. The molecular formula is C16H13ClN2O4S. The first-order valence-corrected chi connectivity index (χ1v) is 8.31. The van der Waals surface area contributed by atoms with Gasteiger partial charge in [-0.3, -0.25) is 9.69 Å². The third-order valence-corrected chi connectivity index (χ3v) is 4.68. The molecule has 24 heavy (non-hydrogen) atoms. The third-order valence-electron chi connectivity index (χ3n) is 3.48. The summed E-state index contributed by atoms with van der Waals surface area (Å²) in [6.45, 7) is 0.124. The number of rotatable bonds is 5. The number of hydrogen-bond acceptors (Lipinski definition) is 5. The Morgan fingerprint density at radius 2 is 2.04 bits per heavy atom. The van der Waals surface area contributed by atoms with Crippen LogP contribution in [0.2, 0.25) is 4.34 Å². The van der Waals surface area contributed by atoms with E-state index in [4.69, 9.17) is 16.3 Å². The molecular weight excluding hydrogens is 352 g/mol. The van der Waals surface area contributed by atoms with Gasteiger partial charge >= 0.3 is 12.0 Å². The zero-order chi connectivity index (χ0) is 17.1. The molecule has 1 aromatic carbocycles. The molecule has 1 aromatic heterocycles. The van der Waals surface area contributed by atoms with Gasteiger partial charge < -0.3 is 10.1 Å². The minimum Gasteiger partial charge on any atom is -0.456 e. The molecule has 8 heteroatoms. The number of urea groups is 1. The lowest BCUT2D eigenvalue weighted by atomic mass is 10.1. The SMILES string of the molecule is O=C(OCc1ccc(Cl)s1)c1ccccc1CN1C(=O)CNC1=O. The molecule has 1 saturated heterocycles. The van der Waals surface area contributed by atoms with Gasteiger partial charge in [-0.2, -0.15) is 0 Å². The van der Waals surface area contributed by atoms with Crippen LogP contribution in [0.5, 0.6) is 0 Å². The molecule has 0 spiro atoms. The largest absolute Gasteiger partial charge is 0.456 e. The van der Waals surface area contributed by atoms with Crippen LogP contribution in [0.3, 0.4) is 0 Å². The average molecular weight is 365 g/mol. The Labute approximate surface area is 147 Å². The maximum atomic E-state index is 12.3. The van der Waals surface area contributed by atoms with E-state index in [-0.39, 0.29) is 25.6 Å². The van der Waals surface area contributed by atoms with Crippen LogP contribution in [0, 0.1) is 0 Å².